The van der Waals surface area contributed by atoms with Crippen LogP contribution in [0.2, 0.25) is 0 Å². The zero-order valence-electron chi connectivity index (χ0n) is 20.9. The number of nitrogens with zero attached hydrogens (tertiary/aromatic N) is 2. The smallest absolute Gasteiger partial charge is 0.258 e. The normalized spacial score (nSPS) is 11.7. The van der Waals surface area contributed by atoms with Crippen LogP contribution in [0.4, 0.5) is 5.82 Å². The summed E-state index contributed by atoms with van der Waals surface area (Å²) in [6.07, 6.45) is 2.38. The summed E-state index contributed by atoms with van der Waals surface area (Å²) in [5.74, 6) is 1.72. The van der Waals surface area contributed by atoms with Gasteiger partial charge in [-0.2, -0.15) is 0 Å². The number of ether oxygens (including phenoxy) is 3. The van der Waals surface area contributed by atoms with E-state index in [2.05, 4.69) is 10.6 Å². The summed E-state index contributed by atoms with van der Waals surface area (Å²) in [6.45, 7) is 6.39. The summed E-state index contributed by atoms with van der Waals surface area (Å²) in [7, 11) is 1.60. The second kappa shape index (κ2) is 12.0. The van der Waals surface area contributed by atoms with Crippen molar-refractivity contribution in [3.8, 4) is 22.9 Å². The lowest BCUT2D eigenvalue weighted by Gasteiger charge is -2.20. The third kappa shape index (κ3) is 7.16. The highest BCUT2D eigenvalue weighted by Gasteiger charge is 2.16. The number of anilines is 1. The molecule has 0 aliphatic heterocycles. The van der Waals surface area contributed by atoms with Gasteiger partial charge in [-0.25, -0.2) is 9.97 Å². The number of nitrogens with two attached hydrogens (primary N) is 1. The Balaban J connectivity index is 1.98. The summed E-state index contributed by atoms with van der Waals surface area (Å²) in [5.41, 5.74) is 6.99. The lowest BCUT2D eigenvalue weighted by atomic mass is 10.1. The van der Waals surface area contributed by atoms with Crippen molar-refractivity contribution in [1.29, 1.82) is 5.41 Å². The van der Waals surface area contributed by atoms with Crippen LogP contribution in [0.5, 0.6) is 11.5 Å². The van der Waals surface area contributed by atoms with E-state index in [0.717, 1.165) is 6.21 Å². The molecule has 0 fully saturated rings. The Bertz CT molecular complexity index is 1250. The minimum absolute atomic E-state index is 0.113. The number of benzene rings is 2. The molecule has 3 aromatic rings. The highest BCUT2D eigenvalue weighted by Crippen LogP contribution is 2.33. The SMILES string of the molecule is COCCOc1cccc2nc(-c3cccc(OCC(=O)NC(C)(C)C)c3)nc(N/C(C=N)=C/N)c12. The van der Waals surface area contributed by atoms with Crippen molar-refractivity contribution >= 4 is 28.8 Å². The van der Waals surface area contributed by atoms with Gasteiger partial charge in [0, 0.05) is 30.6 Å². The first-order valence-corrected chi connectivity index (χ1v) is 11.4. The highest BCUT2D eigenvalue weighted by molar-refractivity contribution is 5.98. The molecule has 10 heteroatoms. The molecule has 1 aromatic heterocycles. The van der Waals surface area contributed by atoms with E-state index >= 15 is 0 Å². The van der Waals surface area contributed by atoms with Crippen LogP contribution >= 0.6 is 0 Å². The van der Waals surface area contributed by atoms with E-state index in [4.69, 9.17) is 35.3 Å². The van der Waals surface area contributed by atoms with Crippen LogP contribution in [0, 0.1) is 5.41 Å². The fraction of sp³-hybridized carbons (Fsp3) is 0.308. The molecule has 0 saturated heterocycles. The van der Waals surface area contributed by atoms with E-state index in [1.54, 1.807) is 25.3 Å². The average molecular weight is 493 g/mol. The third-order valence-electron chi connectivity index (χ3n) is 4.80. The molecule has 0 radical (unpaired) electrons. The average Bonchev–Trinajstić information content (AvgIpc) is 2.85. The number of carbonyl (C=O) groups excluding carboxylic acids is 1. The molecule has 0 spiro atoms. The number of aromatic nitrogens is 2. The van der Waals surface area contributed by atoms with Gasteiger partial charge in [0.05, 0.1) is 23.2 Å². The largest absolute Gasteiger partial charge is 0.490 e. The molecule has 1 heterocycles. The van der Waals surface area contributed by atoms with Gasteiger partial charge in [-0.15, -0.1) is 0 Å². The van der Waals surface area contributed by atoms with E-state index < -0.39 is 0 Å². The van der Waals surface area contributed by atoms with Crippen molar-refractivity contribution in [3.05, 3.63) is 54.4 Å². The zero-order valence-corrected chi connectivity index (χ0v) is 20.9. The summed E-state index contributed by atoms with van der Waals surface area (Å²) < 4.78 is 16.7. The molecule has 2 aromatic carbocycles. The van der Waals surface area contributed by atoms with Crippen LogP contribution < -0.4 is 25.8 Å². The van der Waals surface area contributed by atoms with Crippen molar-refractivity contribution in [2.45, 2.75) is 26.3 Å². The molecular weight excluding hydrogens is 460 g/mol. The molecular formula is C26H32N6O4. The van der Waals surface area contributed by atoms with Crippen molar-refractivity contribution in [3.63, 3.8) is 0 Å². The first kappa shape index (κ1) is 26.4. The second-order valence-electron chi connectivity index (χ2n) is 8.89. The van der Waals surface area contributed by atoms with E-state index in [1.807, 2.05) is 45.0 Å². The number of hydrogen-bond donors (Lipinski definition) is 4. The summed E-state index contributed by atoms with van der Waals surface area (Å²) in [5, 5.41) is 14.2. The van der Waals surface area contributed by atoms with Crippen molar-refractivity contribution in [2.24, 2.45) is 5.73 Å². The summed E-state index contributed by atoms with van der Waals surface area (Å²) >= 11 is 0. The summed E-state index contributed by atoms with van der Waals surface area (Å²) in [4.78, 5) is 21.6. The third-order valence-corrected chi connectivity index (χ3v) is 4.80. The lowest BCUT2D eigenvalue weighted by Crippen LogP contribution is -2.43. The maximum absolute atomic E-state index is 12.1. The molecule has 36 heavy (non-hydrogen) atoms. The number of hydrogen-bond acceptors (Lipinski definition) is 9. The number of rotatable bonds is 11. The second-order valence-corrected chi connectivity index (χ2v) is 8.89. The molecule has 0 bridgehead atoms. The van der Waals surface area contributed by atoms with Crippen LogP contribution in [0.3, 0.4) is 0 Å². The molecule has 0 atom stereocenters. The topological polar surface area (TPSA) is 144 Å². The molecule has 10 nitrogen and oxygen atoms in total. The fourth-order valence-electron chi connectivity index (χ4n) is 3.32. The Morgan fingerprint density at radius 1 is 1.11 bits per heavy atom. The van der Waals surface area contributed by atoms with Gasteiger partial charge in [0.15, 0.2) is 12.4 Å². The fourth-order valence-corrected chi connectivity index (χ4v) is 3.32. The Morgan fingerprint density at radius 3 is 2.58 bits per heavy atom. The molecule has 0 saturated carbocycles. The quantitative estimate of drug-likeness (QED) is 0.235. The van der Waals surface area contributed by atoms with E-state index in [0.29, 0.717) is 58.5 Å². The van der Waals surface area contributed by atoms with Gasteiger partial charge in [-0.1, -0.05) is 18.2 Å². The van der Waals surface area contributed by atoms with Gasteiger partial charge in [-0.05, 0) is 45.0 Å². The predicted molar refractivity (Wildman–Crippen MR) is 140 cm³/mol. The number of carbonyl (C=O) groups is 1. The molecule has 0 aliphatic carbocycles. The van der Waals surface area contributed by atoms with E-state index in [-0.39, 0.29) is 18.1 Å². The minimum atomic E-state index is -0.343. The molecule has 190 valence electrons. The first-order chi connectivity index (χ1) is 17.2. The highest BCUT2D eigenvalue weighted by atomic mass is 16.5. The van der Waals surface area contributed by atoms with Gasteiger partial charge in [0.25, 0.3) is 5.91 Å². The van der Waals surface area contributed by atoms with Gasteiger partial charge >= 0.3 is 0 Å². The Labute approximate surface area is 210 Å². The number of nitrogens with one attached hydrogen (secondary N) is 3. The van der Waals surface area contributed by atoms with Crippen LogP contribution in [0.15, 0.2) is 54.4 Å². The Morgan fingerprint density at radius 2 is 1.89 bits per heavy atom. The van der Waals surface area contributed by atoms with Crippen LogP contribution in [-0.2, 0) is 9.53 Å². The van der Waals surface area contributed by atoms with Gasteiger partial charge in [0.2, 0.25) is 0 Å². The zero-order chi connectivity index (χ0) is 26.1. The molecule has 0 aliphatic rings. The summed E-state index contributed by atoms with van der Waals surface area (Å²) in [6, 6.07) is 12.7. The van der Waals surface area contributed by atoms with Gasteiger partial charge in [-0.3, -0.25) is 4.79 Å². The maximum atomic E-state index is 12.1. The van der Waals surface area contributed by atoms with Crippen LogP contribution in [-0.4, -0.2) is 54.6 Å². The van der Waals surface area contributed by atoms with Gasteiger partial charge in [0.1, 0.15) is 23.9 Å². The lowest BCUT2D eigenvalue weighted by molar-refractivity contribution is -0.124. The van der Waals surface area contributed by atoms with Crippen molar-refractivity contribution in [2.75, 3.05) is 32.2 Å². The van der Waals surface area contributed by atoms with Crippen molar-refractivity contribution in [1.82, 2.24) is 15.3 Å². The molecule has 3 rings (SSSR count). The molecule has 5 N–H and O–H groups in total. The Kier molecular flexibility index (Phi) is 8.80. The Hall–Kier alpha value is -4.18. The number of methoxy groups -OCH3 is 1. The standard InChI is InChI=1S/C26H32N6O4/c1-26(2,3)32-22(33)16-36-19-8-5-7-17(13-19)24-30-20-9-6-10-21(35-12-11-34-4)23(20)25(31-24)29-18(14-27)15-28/h5-10,13-15,27H,11-12,16,28H2,1-4H3,(H,32,33)(H,29,30,31)/b18-15+,27-14?. The number of amides is 1. The van der Waals surface area contributed by atoms with Crippen molar-refractivity contribution < 1.29 is 19.0 Å². The van der Waals surface area contributed by atoms with E-state index in [9.17, 15) is 4.79 Å². The van der Waals surface area contributed by atoms with Gasteiger partial charge < -0.3 is 36.0 Å². The molecule has 0 unspecified atom stereocenters. The van der Waals surface area contributed by atoms with Crippen LogP contribution in [0.25, 0.3) is 22.3 Å². The number of allylic oxidation sites excluding steroid dienone is 1. The van der Waals surface area contributed by atoms with E-state index in [1.165, 1.54) is 6.20 Å². The maximum Gasteiger partial charge on any atom is 0.258 e. The first-order valence-electron chi connectivity index (χ1n) is 11.4. The van der Waals surface area contributed by atoms with Crippen LogP contribution in [0.1, 0.15) is 20.8 Å². The predicted octanol–water partition coefficient (Wildman–Crippen LogP) is 3.48. The number of fused-ring (bicyclic) bond motifs is 1. The molecule has 1 amide bonds. The monoisotopic (exact) mass is 492 g/mol. The minimum Gasteiger partial charge on any atom is -0.490 e.